The fourth-order valence-electron chi connectivity index (χ4n) is 4.50. The highest BCUT2D eigenvalue weighted by Gasteiger charge is 2.21. The van der Waals surface area contributed by atoms with Gasteiger partial charge in [0.1, 0.15) is 11.6 Å². The third kappa shape index (κ3) is 7.52. The van der Waals surface area contributed by atoms with Gasteiger partial charge >= 0.3 is 0 Å². The summed E-state index contributed by atoms with van der Waals surface area (Å²) in [6.07, 6.45) is 5.66. The number of likely N-dealkylation sites (tertiary alicyclic amines) is 1. The molecule has 1 heterocycles. The van der Waals surface area contributed by atoms with E-state index in [0.717, 1.165) is 50.5 Å². The Hall–Kier alpha value is -2.96. The van der Waals surface area contributed by atoms with E-state index >= 15 is 0 Å². The van der Waals surface area contributed by atoms with Crippen LogP contribution >= 0.6 is 12.1 Å². The van der Waals surface area contributed by atoms with Crippen LogP contribution in [0.25, 0.3) is 5.57 Å². The van der Waals surface area contributed by atoms with Crippen LogP contribution in [0.1, 0.15) is 36.5 Å². The molecule has 2 aromatic carbocycles. The molecule has 0 amide bonds. The number of aryl methyl sites for hydroxylation is 1. The lowest BCUT2D eigenvalue weighted by atomic mass is 9.96. The molecule has 0 bridgehead atoms. The van der Waals surface area contributed by atoms with Crippen molar-refractivity contribution in [3.8, 4) is 5.75 Å². The minimum Gasteiger partial charge on any atom is -0.507 e. The van der Waals surface area contributed by atoms with Crippen molar-refractivity contribution in [1.29, 1.82) is 0 Å². The molecule has 4 nitrogen and oxygen atoms in total. The van der Waals surface area contributed by atoms with E-state index in [1.807, 2.05) is 37.1 Å². The molecule has 1 aliphatic heterocycles. The molecule has 2 aromatic rings. The van der Waals surface area contributed by atoms with Crippen LogP contribution in [0.3, 0.4) is 0 Å². The first kappa shape index (κ1) is 27.6. The number of aromatic hydroxyl groups is 1. The van der Waals surface area contributed by atoms with Crippen LogP contribution in [0.4, 0.5) is 3.89 Å². The summed E-state index contributed by atoms with van der Waals surface area (Å²) in [5.74, 6) is 1.52. The Balaban J connectivity index is 1.68. The summed E-state index contributed by atoms with van der Waals surface area (Å²) in [5, 5.41) is 13.9. The molecule has 36 heavy (non-hydrogen) atoms. The van der Waals surface area contributed by atoms with Gasteiger partial charge in [0.15, 0.2) is 0 Å². The number of para-hydroxylation sites is 1. The fraction of sp³-hybridized carbons (Fsp3) is 0.333. The van der Waals surface area contributed by atoms with Gasteiger partial charge in [-0.2, -0.15) is 3.89 Å². The Labute approximate surface area is 220 Å². The zero-order chi connectivity index (χ0) is 26.1. The largest absolute Gasteiger partial charge is 0.507 e. The number of phenolic OH excluding ortho intramolecular Hbond substituents is 1. The molecule has 0 spiro atoms. The summed E-state index contributed by atoms with van der Waals surface area (Å²) in [6.45, 7) is 15.9. The van der Waals surface area contributed by atoms with E-state index < -0.39 is 0 Å². The second-order valence-electron chi connectivity index (χ2n) is 9.45. The molecule has 3 rings (SSSR count). The molecule has 1 saturated heterocycles. The van der Waals surface area contributed by atoms with E-state index in [2.05, 4.69) is 54.6 Å². The molecule has 192 valence electrons. The van der Waals surface area contributed by atoms with Crippen molar-refractivity contribution < 1.29 is 8.99 Å². The summed E-state index contributed by atoms with van der Waals surface area (Å²) in [7, 11) is 1.90. The number of rotatable bonds is 11. The highest BCUT2D eigenvalue weighted by molar-refractivity contribution is 7.98. The fourth-order valence-corrected chi connectivity index (χ4v) is 4.81. The van der Waals surface area contributed by atoms with Crippen LogP contribution in [0.15, 0.2) is 90.3 Å². The molecule has 0 atom stereocenters. The summed E-state index contributed by atoms with van der Waals surface area (Å²) >= 11 is 0.186. The van der Waals surface area contributed by atoms with Gasteiger partial charge in [-0.15, -0.1) is 0 Å². The maximum absolute atomic E-state index is 13.5. The van der Waals surface area contributed by atoms with Crippen molar-refractivity contribution in [2.24, 2.45) is 5.92 Å². The van der Waals surface area contributed by atoms with Crippen LogP contribution < -0.4 is 5.32 Å². The van der Waals surface area contributed by atoms with Crippen LogP contribution in [0.2, 0.25) is 0 Å². The van der Waals surface area contributed by atoms with Gasteiger partial charge in [0, 0.05) is 31.4 Å². The Morgan fingerprint density at radius 2 is 1.94 bits per heavy atom. The lowest BCUT2D eigenvalue weighted by Gasteiger charge is -2.33. The lowest BCUT2D eigenvalue weighted by molar-refractivity contribution is 0.175. The van der Waals surface area contributed by atoms with E-state index in [1.54, 1.807) is 12.1 Å². The molecule has 0 unspecified atom stereocenters. The molecule has 0 aliphatic carbocycles. The minimum atomic E-state index is 0.181. The quantitative estimate of drug-likeness (QED) is 0.320. The van der Waals surface area contributed by atoms with Crippen LogP contribution in [0, 0.1) is 12.8 Å². The van der Waals surface area contributed by atoms with Crippen molar-refractivity contribution >= 4 is 17.7 Å². The Kier molecular flexibility index (Phi) is 10.3. The number of hydrogen-bond acceptors (Lipinski definition) is 5. The first-order valence-corrected chi connectivity index (χ1v) is 13.1. The van der Waals surface area contributed by atoms with Crippen molar-refractivity contribution in [2.75, 3.05) is 26.7 Å². The summed E-state index contributed by atoms with van der Waals surface area (Å²) in [4.78, 5) is 4.90. The summed E-state index contributed by atoms with van der Waals surface area (Å²) in [5.41, 5.74) is 4.76. The van der Waals surface area contributed by atoms with Crippen LogP contribution in [-0.4, -0.2) is 41.6 Å². The second-order valence-corrected chi connectivity index (χ2v) is 10.0. The van der Waals surface area contributed by atoms with Gasteiger partial charge in [0.2, 0.25) is 0 Å². The predicted molar refractivity (Wildman–Crippen MR) is 152 cm³/mol. The molecule has 6 heteroatoms. The Bertz CT molecular complexity index is 1120. The van der Waals surface area contributed by atoms with Crippen molar-refractivity contribution in [2.45, 2.75) is 33.2 Å². The van der Waals surface area contributed by atoms with Gasteiger partial charge < -0.3 is 15.3 Å². The number of nitrogens with zero attached hydrogens (tertiary/aromatic N) is 2. The summed E-state index contributed by atoms with van der Waals surface area (Å²) < 4.78 is 13.5. The average molecular weight is 508 g/mol. The minimum absolute atomic E-state index is 0.181. The third-order valence-corrected chi connectivity index (χ3v) is 7.45. The van der Waals surface area contributed by atoms with Crippen molar-refractivity contribution in [3.05, 3.63) is 107 Å². The number of nitrogens with one attached hydrogen (secondary N) is 1. The molecular formula is C30H38FN3OS. The Morgan fingerprint density at radius 1 is 1.22 bits per heavy atom. The highest BCUT2D eigenvalue weighted by atomic mass is 32.2. The van der Waals surface area contributed by atoms with Gasteiger partial charge in [0.05, 0.1) is 17.1 Å². The number of hydrogen-bond donors (Lipinski definition) is 2. The number of piperidine rings is 1. The SMILES string of the molecule is C=C/C(SF)=C(/C)N(C)/C(=C\C(=C)c1ccccc1O)NCC1CCN(Cc2cccc(C)c2)CC1. The number of allylic oxidation sites excluding steroid dienone is 4. The van der Waals surface area contributed by atoms with E-state index in [4.69, 9.17) is 0 Å². The summed E-state index contributed by atoms with van der Waals surface area (Å²) in [6, 6.07) is 15.9. The Morgan fingerprint density at radius 3 is 2.58 bits per heavy atom. The monoisotopic (exact) mass is 507 g/mol. The molecular weight excluding hydrogens is 469 g/mol. The third-order valence-electron chi connectivity index (χ3n) is 6.82. The lowest BCUT2D eigenvalue weighted by Crippen LogP contribution is -2.38. The van der Waals surface area contributed by atoms with Gasteiger partial charge in [0.25, 0.3) is 0 Å². The molecule has 1 aliphatic rings. The van der Waals surface area contributed by atoms with Gasteiger partial charge in [-0.1, -0.05) is 67.3 Å². The molecule has 0 saturated carbocycles. The van der Waals surface area contributed by atoms with Crippen LogP contribution in [0.5, 0.6) is 5.75 Å². The van der Waals surface area contributed by atoms with Gasteiger partial charge in [-0.3, -0.25) is 4.90 Å². The zero-order valence-corrected chi connectivity index (χ0v) is 22.5. The normalized spacial score (nSPS) is 15.8. The zero-order valence-electron chi connectivity index (χ0n) is 21.6. The van der Waals surface area contributed by atoms with Gasteiger partial charge in [-0.25, -0.2) is 0 Å². The maximum Gasteiger partial charge on any atom is 0.123 e. The number of halogens is 1. The van der Waals surface area contributed by atoms with Crippen LogP contribution in [-0.2, 0) is 6.54 Å². The topological polar surface area (TPSA) is 38.7 Å². The molecule has 1 fully saturated rings. The van der Waals surface area contributed by atoms with E-state index in [9.17, 15) is 8.99 Å². The van der Waals surface area contributed by atoms with Crippen molar-refractivity contribution in [3.63, 3.8) is 0 Å². The average Bonchev–Trinajstić information content (AvgIpc) is 2.87. The number of phenols is 1. The highest BCUT2D eigenvalue weighted by Crippen LogP contribution is 2.28. The smallest absolute Gasteiger partial charge is 0.123 e. The van der Waals surface area contributed by atoms with E-state index in [1.165, 1.54) is 17.2 Å². The maximum atomic E-state index is 13.5. The molecule has 2 N–H and O–H groups in total. The second kappa shape index (κ2) is 13.4. The van der Waals surface area contributed by atoms with Crippen molar-refractivity contribution in [1.82, 2.24) is 15.1 Å². The first-order valence-electron chi connectivity index (χ1n) is 12.4. The first-order chi connectivity index (χ1) is 17.3. The predicted octanol–water partition coefficient (Wildman–Crippen LogP) is 7.02. The van der Waals surface area contributed by atoms with Gasteiger partial charge in [-0.05, 0) is 69.0 Å². The van der Waals surface area contributed by atoms with E-state index in [-0.39, 0.29) is 17.9 Å². The number of benzene rings is 2. The molecule has 0 aromatic heterocycles. The standard InChI is InChI=1S/C30H38FN3OS/c1-6-29(36-31)24(4)33(5)30(19-23(3)27-12-7-8-13-28(27)35)32-20-25-14-16-34(17-15-25)21-26-11-9-10-22(2)18-26/h6-13,18-19,25,32,35H,1,3,14-17,20-21H2,2,4-5H3/b29-24+,30-19-. The molecule has 0 radical (unpaired) electrons. The van der Waals surface area contributed by atoms with E-state index in [0.29, 0.717) is 22.0 Å².